The lowest BCUT2D eigenvalue weighted by Crippen LogP contribution is -2.44. The molecule has 0 atom stereocenters. The summed E-state index contributed by atoms with van der Waals surface area (Å²) in [5.74, 6) is -0.789. The molecule has 0 aliphatic rings. The molecule has 0 bridgehead atoms. The zero-order valence-corrected chi connectivity index (χ0v) is 21.9. The molecule has 1 N–H and O–H groups in total. The van der Waals surface area contributed by atoms with Crippen LogP contribution in [0.4, 0.5) is 0 Å². The van der Waals surface area contributed by atoms with Crippen molar-refractivity contribution in [1.82, 2.24) is 9.55 Å². The Labute approximate surface area is 201 Å². The molecule has 4 aromatic rings. The van der Waals surface area contributed by atoms with Crippen LogP contribution in [-0.2, 0) is 4.74 Å². The van der Waals surface area contributed by atoms with Gasteiger partial charge in [-0.2, -0.15) is 0 Å². The summed E-state index contributed by atoms with van der Waals surface area (Å²) in [5, 5.41) is 4.62. The summed E-state index contributed by atoms with van der Waals surface area (Å²) >= 11 is 0. The smallest absolute Gasteiger partial charge is 0.338 e. The first kappa shape index (κ1) is 23.8. The molecular formula is C27H32N2O4Si. The molecule has 0 spiro atoms. The van der Waals surface area contributed by atoms with E-state index in [-0.39, 0.29) is 17.6 Å². The number of nitrogens with one attached hydrogen (secondary N) is 1. The van der Waals surface area contributed by atoms with E-state index in [0.717, 1.165) is 16.5 Å². The lowest BCUT2D eigenvalue weighted by atomic mass is 9.98. The molecule has 7 heteroatoms. The van der Waals surface area contributed by atoms with Crippen molar-refractivity contribution in [1.29, 1.82) is 0 Å². The van der Waals surface area contributed by atoms with Gasteiger partial charge >= 0.3 is 5.97 Å². The highest BCUT2D eigenvalue weighted by Gasteiger charge is 2.38. The number of furan rings is 1. The lowest BCUT2D eigenvalue weighted by Gasteiger charge is -2.38. The summed E-state index contributed by atoms with van der Waals surface area (Å²) in [7, 11) is -0.282. The first-order valence-corrected chi connectivity index (χ1v) is 14.5. The molecule has 2 heterocycles. The van der Waals surface area contributed by atoms with Gasteiger partial charge in [0.25, 0.3) is 5.91 Å². The number of hydrogen-bond donors (Lipinski definition) is 1. The Kier molecular flexibility index (Phi) is 5.93. The summed E-state index contributed by atoms with van der Waals surface area (Å²) < 4.78 is 13.6. The van der Waals surface area contributed by atoms with Gasteiger partial charge in [0.05, 0.1) is 24.0 Å². The standard InChI is InChI=1S/C27H32N2O4Si/c1-8-32-26(31)17-14-20-22(16-33-24(20)21(15-17)25(30)28-5)18-10-9-11-23-19(18)12-13-29(23)34(6,7)27(2,3)4/h9-16H,8H2,1-7H3,(H,28,30). The minimum absolute atomic E-state index is 0.175. The lowest BCUT2D eigenvalue weighted by molar-refractivity contribution is 0.0526. The number of rotatable bonds is 5. The third kappa shape index (κ3) is 3.74. The van der Waals surface area contributed by atoms with Gasteiger partial charge in [0.1, 0.15) is 5.58 Å². The number of carbonyl (C=O) groups is 2. The van der Waals surface area contributed by atoms with Gasteiger partial charge in [-0.15, -0.1) is 0 Å². The van der Waals surface area contributed by atoms with Crippen LogP contribution in [-0.4, -0.2) is 38.0 Å². The normalized spacial score (nSPS) is 12.3. The quantitative estimate of drug-likeness (QED) is 0.266. The summed E-state index contributed by atoms with van der Waals surface area (Å²) in [5.41, 5.74) is 4.08. The van der Waals surface area contributed by atoms with Gasteiger partial charge in [-0.05, 0) is 48.0 Å². The monoisotopic (exact) mass is 476 g/mol. The maximum atomic E-state index is 12.6. The molecule has 2 aromatic carbocycles. The van der Waals surface area contributed by atoms with E-state index < -0.39 is 14.2 Å². The first-order valence-electron chi connectivity index (χ1n) is 11.6. The van der Waals surface area contributed by atoms with Crippen molar-refractivity contribution in [2.24, 2.45) is 0 Å². The predicted molar refractivity (Wildman–Crippen MR) is 139 cm³/mol. The number of fused-ring (bicyclic) bond motifs is 2. The third-order valence-corrected chi connectivity index (χ3v) is 12.4. The fourth-order valence-electron chi connectivity index (χ4n) is 4.23. The number of benzene rings is 2. The van der Waals surface area contributed by atoms with Crippen molar-refractivity contribution in [2.75, 3.05) is 13.7 Å². The molecule has 34 heavy (non-hydrogen) atoms. The van der Waals surface area contributed by atoms with Crippen LogP contribution in [0.1, 0.15) is 48.4 Å². The predicted octanol–water partition coefficient (Wildman–Crippen LogP) is 6.44. The van der Waals surface area contributed by atoms with Gasteiger partial charge in [0.15, 0.2) is 8.24 Å². The zero-order valence-electron chi connectivity index (χ0n) is 20.9. The van der Waals surface area contributed by atoms with Gasteiger partial charge in [-0.25, -0.2) is 4.79 Å². The largest absolute Gasteiger partial charge is 0.463 e. The van der Waals surface area contributed by atoms with Crippen LogP contribution in [0.3, 0.4) is 0 Å². The molecule has 0 saturated heterocycles. The molecule has 0 radical (unpaired) electrons. The molecule has 0 fully saturated rings. The second-order valence-corrected chi connectivity index (χ2v) is 15.2. The Morgan fingerprint density at radius 1 is 1.09 bits per heavy atom. The summed E-state index contributed by atoms with van der Waals surface area (Å²) in [4.78, 5) is 25.2. The average molecular weight is 477 g/mol. The van der Waals surface area contributed by atoms with Crippen molar-refractivity contribution in [3.63, 3.8) is 0 Å². The highest BCUT2D eigenvalue weighted by atomic mass is 28.3. The van der Waals surface area contributed by atoms with Crippen molar-refractivity contribution >= 4 is 42.0 Å². The number of carbonyl (C=O) groups excluding carboxylic acids is 2. The molecule has 0 unspecified atom stereocenters. The van der Waals surface area contributed by atoms with Crippen molar-refractivity contribution in [3.05, 3.63) is 60.0 Å². The van der Waals surface area contributed by atoms with E-state index in [9.17, 15) is 9.59 Å². The molecule has 0 saturated carbocycles. The fourth-order valence-corrected chi connectivity index (χ4v) is 6.20. The summed E-state index contributed by atoms with van der Waals surface area (Å²) in [6.07, 6.45) is 3.86. The van der Waals surface area contributed by atoms with E-state index in [1.165, 1.54) is 11.6 Å². The summed E-state index contributed by atoms with van der Waals surface area (Å²) in [6.45, 7) is 13.7. The third-order valence-electron chi connectivity index (χ3n) is 7.12. The van der Waals surface area contributed by atoms with Gasteiger partial charge in [0.2, 0.25) is 0 Å². The van der Waals surface area contributed by atoms with Crippen LogP contribution < -0.4 is 5.32 Å². The van der Waals surface area contributed by atoms with Crippen LogP contribution in [0.5, 0.6) is 0 Å². The zero-order chi connectivity index (χ0) is 24.8. The first-order chi connectivity index (χ1) is 16.0. The van der Waals surface area contributed by atoms with Gasteiger partial charge in [-0.1, -0.05) is 46.0 Å². The molecule has 6 nitrogen and oxygen atoms in total. The van der Waals surface area contributed by atoms with E-state index in [2.05, 4.69) is 73.9 Å². The Morgan fingerprint density at radius 2 is 1.82 bits per heavy atom. The second-order valence-electron chi connectivity index (χ2n) is 10.1. The van der Waals surface area contributed by atoms with Crippen molar-refractivity contribution in [2.45, 2.75) is 45.8 Å². The van der Waals surface area contributed by atoms with E-state index in [1.54, 1.807) is 26.3 Å². The average Bonchev–Trinajstić information content (AvgIpc) is 3.41. The van der Waals surface area contributed by atoms with Crippen LogP contribution in [0, 0.1) is 0 Å². The Balaban J connectivity index is 1.98. The molecule has 1 amide bonds. The van der Waals surface area contributed by atoms with Gasteiger partial charge in [-0.3, -0.25) is 4.79 Å². The van der Waals surface area contributed by atoms with E-state index in [0.29, 0.717) is 22.1 Å². The van der Waals surface area contributed by atoms with Crippen LogP contribution in [0.15, 0.2) is 53.3 Å². The van der Waals surface area contributed by atoms with E-state index >= 15 is 0 Å². The van der Waals surface area contributed by atoms with Crippen molar-refractivity contribution < 1.29 is 18.7 Å². The second kappa shape index (κ2) is 8.47. The SMILES string of the molecule is CCOC(=O)c1cc(C(=O)NC)c2occ(-c3cccc4c3ccn4[Si](C)(C)C(C)(C)C)c2c1. The highest BCUT2D eigenvalue weighted by Crippen LogP contribution is 2.42. The number of aromatic nitrogens is 1. The van der Waals surface area contributed by atoms with Crippen molar-refractivity contribution in [3.8, 4) is 11.1 Å². The topological polar surface area (TPSA) is 73.5 Å². The number of amides is 1. The van der Waals surface area contributed by atoms with E-state index in [4.69, 9.17) is 9.15 Å². The maximum absolute atomic E-state index is 12.6. The minimum atomic E-state index is -1.84. The van der Waals surface area contributed by atoms with Crippen LogP contribution >= 0.6 is 0 Å². The Morgan fingerprint density at radius 3 is 2.47 bits per heavy atom. The fraction of sp³-hybridized carbons (Fsp3) is 0.333. The van der Waals surface area contributed by atoms with Crippen LogP contribution in [0.25, 0.3) is 33.0 Å². The molecule has 4 rings (SSSR count). The Bertz CT molecular complexity index is 1410. The van der Waals surface area contributed by atoms with Crippen LogP contribution in [0.2, 0.25) is 18.1 Å². The highest BCUT2D eigenvalue weighted by molar-refractivity contribution is 6.79. The Hall–Kier alpha value is -3.32. The minimum Gasteiger partial charge on any atom is -0.463 e. The number of ether oxygens (including phenoxy) is 1. The maximum Gasteiger partial charge on any atom is 0.338 e. The molecule has 178 valence electrons. The number of nitrogens with zero attached hydrogens (tertiary/aromatic N) is 1. The molecule has 0 aliphatic heterocycles. The number of hydrogen-bond acceptors (Lipinski definition) is 4. The molecule has 0 aliphatic carbocycles. The van der Waals surface area contributed by atoms with Gasteiger partial charge in [0, 0.05) is 28.9 Å². The number of esters is 1. The molecule has 2 aromatic heterocycles. The van der Waals surface area contributed by atoms with E-state index in [1.807, 2.05) is 0 Å². The summed E-state index contributed by atoms with van der Waals surface area (Å²) in [6, 6.07) is 11.7. The molecular weight excluding hydrogens is 444 g/mol. The van der Waals surface area contributed by atoms with Gasteiger partial charge < -0.3 is 18.7 Å².